The number of methoxy groups -OCH3 is 1. The Hall–Kier alpha value is -5.19. The van der Waals surface area contributed by atoms with Crippen LogP contribution in [0.5, 0.6) is 11.8 Å². The van der Waals surface area contributed by atoms with Gasteiger partial charge in [-0.15, -0.1) is 17.8 Å². The van der Waals surface area contributed by atoms with Crippen molar-refractivity contribution in [2.45, 2.75) is 50.5 Å². The average molecular weight is 966 g/mol. The minimum Gasteiger partial charge on any atom is -0.778 e. The maximum absolute atomic E-state index is 14.4. The number of carboxylic acids is 2. The van der Waals surface area contributed by atoms with Crippen LogP contribution in [0.2, 0.25) is 5.02 Å². The molecule has 2 unspecified atom stereocenters. The van der Waals surface area contributed by atoms with E-state index in [0.29, 0.717) is 34.9 Å². The maximum atomic E-state index is 14.4. The molecule has 2 aromatic heterocycles. The molecule has 5 rings (SSSR count). The Kier molecular flexibility index (Phi) is 20.4. The van der Waals surface area contributed by atoms with Crippen LogP contribution in [-0.4, -0.2) is 113 Å². The molecule has 2 atom stereocenters. The van der Waals surface area contributed by atoms with Gasteiger partial charge < -0.3 is 34.0 Å². The number of rotatable bonds is 12. The highest BCUT2D eigenvalue weighted by Gasteiger charge is 2.41. The first-order valence-corrected chi connectivity index (χ1v) is 24.4. The molecule has 3 heterocycles. The molecule has 1 aliphatic heterocycles. The van der Waals surface area contributed by atoms with E-state index in [1.165, 1.54) is 25.5 Å². The van der Waals surface area contributed by atoms with Crippen molar-refractivity contribution in [3.05, 3.63) is 56.3 Å². The summed E-state index contributed by atoms with van der Waals surface area (Å²) in [5.41, 5.74) is 0.808. The van der Waals surface area contributed by atoms with Crippen LogP contribution < -0.4 is 34.6 Å². The predicted octanol–water partition coefficient (Wildman–Crippen LogP) is 2.74. The zero-order chi connectivity index (χ0) is 47.1. The van der Waals surface area contributed by atoms with Crippen molar-refractivity contribution in [1.82, 2.24) is 25.0 Å². The van der Waals surface area contributed by atoms with E-state index in [1.807, 2.05) is 5.32 Å². The van der Waals surface area contributed by atoms with Gasteiger partial charge in [0.05, 0.1) is 49.4 Å². The fourth-order valence-electron chi connectivity index (χ4n) is 4.84. The van der Waals surface area contributed by atoms with Crippen LogP contribution >= 0.6 is 30.5 Å². The highest BCUT2D eigenvalue weighted by molar-refractivity contribution is 7.94. The fourth-order valence-corrected chi connectivity index (χ4v) is 7.60. The maximum Gasteiger partial charge on any atom is 0.347 e. The lowest BCUT2D eigenvalue weighted by Gasteiger charge is -2.19. The van der Waals surface area contributed by atoms with Crippen LogP contribution in [0.3, 0.4) is 0 Å². The van der Waals surface area contributed by atoms with E-state index in [1.54, 1.807) is 11.6 Å². The van der Waals surface area contributed by atoms with E-state index in [0.717, 1.165) is 41.2 Å². The summed E-state index contributed by atoms with van der Waals surface area (Å²) in [6.07, 6.45) is 13.3. The molecule has 3 aromatic rings. The number of urea groups is 1. The number of anilines is 2. The number of nitrogens with one attached hydrogen (secondary N) is 3. The monoisotopic (exact) mass is 965 g/mol. The second kappa shape index (κ2) is 23.9. The Bertz CT molecular complexity index is 2360. The molecule has 1 aliphatic carbocycles. The quantitative estimate of drug-likeness (QED) is 0.0658. The van der Waals surface area contributed by atoms with Crippen molar-refractivity contribution in [3.8, 4) is 24.1 Å². The molecular formula is C35H42ClFN7O14PS3. The number of hydrogen-bond donors (Lipinski definition) is 6. The van der Waals surface area contributed by atoms with Crippen LogP contribution in [0.4, 0.5) is 20.8 Å². The summed E-state index contributed by atoms with van der Waals surface area (Å²) in [5.74, 6) is -1.76. The predicted molar refractivity (Wildman–Crippen MR) is 226 cm³/mol. The van der Waals surface area contributed by atoms with E-state index in [9.17, 15) is 46.2 Å². The normalized spacial score (nSPS) is 14.6. The SMILES string of the molecule is C#CC(C)Oc1cc(N2C(=O)C3=C(CCCC3)C2=O)c(F)cc1Cl.COc1nc(C)nc(NC(=O)NS(=O)(=O)c2ccsc2C(=O)O)n1.C[S+](C)C.O=C(O)CNCP(=O)([O-])O. The highest BCUT2D eigenvalue weighted by Crippen LogP contribution is 2.39. The summed E-state index contributed by atoms with van der Waals surface area (Å²) >= 11 is 6.69. The smallest absolute Gasteiger partial charge is 0.347 e. The number of imide groups is 1. The summed E-state index contributed by atoms with van der Waals surface area (Å²) in [7, 11) is -6.77. The number of hydrogen-bond acceptors (Lipinski definition) is 16. The van der Waals surface area contributed by atoms with E-state index in [-0.39, 0.29) is 34.2 Å². The van der Waals surface area contributed by atoms with Gasteiger partial charge in [0, 0.05) is 17.2 Å². The zero-order valence-corrected chi connectivity index (χ0v) is 37.9. The van der Waals surface area contributed by atoms with E-state index in [4.69, 9.17) is 42.6 Å². The summed E-state index contributed by atoms with van der Waals surface area (Å²) in [6, 6.07) is 2.13. The Balaban J connectivity index is 0.000000329. The molecule has 21 nitrogen and oxygen atoms in total. The minimum absolute atomic E-state index is 0.0233. The molecule has 0 bridgehead atoms. The first-order chi connectivity index (χ1) is 28.8. The van der Waals surface area contributed by atoms with Gasteiger partial charge in [-0.1, -0.05) is 17.5 Å². The molecule has 0 fully saturated rings. The average Bonchev–Trinajstić information content (AvgIpc) is 3.76. The van der Waals surface area contributed by atoms with Gasteiger partial charge in [0.15, 0.2) is 6.10 Å². The summed E-state index contributed by atoms with van der Waals surface area (Å²) < 4.78 is 60.5. The topological polar surface area (TPSA) is 317 Å². The fraction of sp³-hybridized carbons (Fsp3) is 0.371. The number of benzene rings is 1. The molecule has 0 saturated carbocycles. The lowest BCUT2D eigenvalue weighted by molar-refractivity contribution is -0.193. The number of nitrogens with zero attached hydrogens (tertiary/aromatic N) is 4. The van der Waals surface area contributed by atoms with Crippen LogP contribution in [0.1, 0.15) is 48.1 Å². The number of aromatic nitrogens is 3. The standard InChI is InChI=1S/C18H15ClFNO3.C11H11N5O6S2.C3H8NO5P.C3H9S/c1-3-10(2)24-16-9-15(14(20)8-13(16)19)21-17(22)11-6-4-5-7-12(11)18(21)23;1-5-12-9(15-11(13-5)22-2)14-10(19)16-24(20,21)6-3-4-23-7(6)8(17)18;5-3(6)1-4-2-10(7,8)9;1-4(2)3/h1,8-10H,4-7H2,2H3;3-4H,1-2H3,(H,17,18)(H2,12,13,14,15,16,19);4H,1-2H2,(H,5,6)(H2,7,8,9);1-3H3/q;;;+1/p-1. The Morgan fingerprint density at radius 1 is 1.13 bits per heavy atom. The zero-order valence-electron chi connectivity index (χ0n) is 33.8. The molecule has 0 radical (unpaired) electrons. The molecule has 1 aromatic carbocycles. The van der Waals surface area contributed by atoms with E-state index >= 15 is 0 Å². The molecule has 0 saturated heterocycles. The minimum atomic E-state index is -4.37. The molecule has 27 heteroatoms. The summed E-state index contributed by atoms with van der Waals surface area (Å²) in [6.45, 7) is 2.67. The summed E-state index contributed by atoms with van der Waals surface area (Å²) in [4.78, 5) is 87.0. The van der Waals surface area contributed by atoms with Gasteiger partial charge in [0.2, 0.25) is 5.95 Å². The molecule has 4 amide bonds. The van der Waals surface area contributed by atoms with Crippen molar-refractivity contribution < 1.29 is 70.8 Å². The van der Waals surface area contributed by atoms with Gasteiger partial charge in [-0.25, -0.2) is 32.0 Å². The van der Waals surface area contributed by atoms with Gasteiger partial charge in [-0.3, -0.25) is 25.0 Å². The number of aliphatic carboxylic acids is 1. The van der Waals surface area contributed by atoms with Crippen molar-refractivity contribution in [3.63, 3.8) is 0 Å². The number of carbonyl (C=O) groups is 5. The number of carboxylic acid groups (broad SMARTS) is 2. The summed E-state index contributed by atoms with van der Waals surface area (Å²) in [5, 5.41) is 22.3. The van der Waals surface area contributed by atoms with Crippen molar-refractivity contribution in [1.29, 1.82) is 0 Å². The van der Waals surface area contributed by atoms with Gasteiger partial charge in [-0.2, -0.15) is 15.0 Å². The van der Waals surface area contributed by atoms with Crippen molar-refractivity contribution >= 4 is 92.9 Å². The largest absolute Gasteiger partial charge is 0.778 e. The number of aromatic carboxylic acids is 1. The Morgan fingerprint density at radius 2 is 1.71 bits per heavy atom. The number of thiophene rings is 1. The number of terminal acetylenes is 1. The van der Waals surface area contributed by atoms with Crippen LogP contribution in [0, 0.1) is 25.1 Å². The molecule has 6 N–H and O–H groups in total. The Morgan fingerprint density at radius 3 is 2.21 bits per heavy atom. The molecule has 2 aliphatic rings. The Labute approximate surface area is 367 Å². The number of ether oxygens (including phenoxy) is 2. The molecular weight excluding hydrogens is 924 g/mol. The number of sulfonamides is 1. The third-order valence-electron chi connectivity index (χ3n) is 7.23. The molecule has 62 heavy (non-hydrogen) atoms. The third kappa shape index (κ3) is 16.6. The van der Waals surface area contributed by atoms with Crippen LogP contribution in [0.15, 0.2) is 39.6 Å². The van der Waals surface area contributed by atoms with Gasteiger partial charge in [0.25, 0.3) is 21.8 Å². The number of amides is 4. The number of aryl methyl sites for hydroxylation is 1. The lowest BCUT2D eigenvalue weighted by Crippen LogP contribution is -2.35. The first-order valence-electron chi connectivity index (χ1n) is 17.4. The van der Waals surface area contributed by atoms with Gasteiger partial charge in [0.1, 0.15) is 34.8 Å². The van der Waals surface area contributed by atoms with Crippen molar-refractivity contribution in [2.24, 2.45) is 0 Å². The second-order valence-corrected chi connectivity index (χ2v) is 19.8. The molecule has 338 valence electrons. The van der Waals surface area contributed by atoms with Crippen molar-refractivity contribution in [2.75, 3.05) is 48.9 Å². The van der Waals surface area contributed by atoms with E-state index in [2.05, 4.69) is 45.0 Å². The number of carbonyl (C=O) groups excluding carboxylic acids is 3. The number of halogens is 2. The highest BCUT2D eigenvalue weighted by atomic mass is 35.5. The van der Waals surface area contributed by atoms with Crippen LogP contribution in [0.25, 0.3) is 0 Å². The van der Waals surface area contributed by atoms with E-state index < -0.39 is 81.9 Å². The first kappa shape index (κ1) is 52.9. The van der Waals surface area contributed by atoms with Gasteiger partial charge in [-0.05, 0) is 67.9 Å². The van der Waals surface area contributed by atoms with Crippen LogP contribution in [-0.2, 0) is 39.9 Å². The molecule has 0 spiro atoms. The lowest BCUT2D eigenvalue weighted by atomic mass is 9.93. The third-order valence-corrected chi connectivity index (χ3v) is 10.6. The van der Waals surface area contributed by atoms with Gasteiger partial charge >= 0.3 is 24.0 Å². The second-order valence-electron chi connectivity index (χ2n) is 12.8.